The van der Waals surface area contributed by atoms with E-state index in [0.29, 0.717) is 29.8 Å². The van der Waals surface area contributed by atoms with E-state index in [4.69, 9.17) is 19.9 Å². The number of guanidine groups is 1. The third kappa shape index (κ3) is 4.20. The van der Waals surface area contributed by atoms with Gasteiger partial charge in [-0.05, 0) is 24.1 Å². The molecule has 4 N–H and O–H groups in total. The van der Waals surface area contributed by atoms with Crippen LogP contribution >= 0.6 is 0 Å². The van der Waals surface area contributed by atoms with Crippen LogP contribution in [0, 0.1) is 0 Å². The monoisotopic (exact) mass is 282 g/mol. The molecule has 0 unspecified atom stereocenters. The number of methoxy groups -OCH3 is 3. The van der Waals surface area contributed by atoms with Crippen LogP contribution in [0.3, 0.4) is 0 Å². The van der Waals surface area contributed by atoms with Crippen LogP contribution in [-0.4, -0.2) is 40.9 Å². The van der Waals surface area contributed by atoms with Crippen LogP contribution in [0.4, 0.5) is 0 Å². The Hall–Kier alpha value is -2.15. The molecule has 0 spiro atoms. The van der Waals surface area contributed by atoms with Gasteiger partial charge >= 0.3 is 0 Å². The summed E-state index contributed by atoms with van der Waals surface area (Å²) in [6.07, 6.45) is 0.765. The number of nitrogens with zero attached hydrogens (tertiary/aromatic N) is 1. The van der Waals surface area contributed by atoms with Crippen molar-refractivity contribution in [1.82, 2.24) is 10.9 Å². The first-order valence-corrected chi connectivity index (χ1v) is 6.16. The van der Waals surface area contributed by atoms with Crippen LogP contribution in [-0.2, 0) is 6.42 Å². The molecule has 0 atom stereocenters. The predicted octanol–water partition coefficient (Wildman–Crippen LogP) is 0.294. The van der Waals surface area contributed by atoms with Gasteiger partial charge in [0.25, 0.3) is 0 Å². The van der Waals surface area contributed by atoms with Crippen molar-refractivity contribution in [2.24, 2.45) is 10.7 Å². The van der Waals surface area contributed by atoms with Gasteiger partial charge in [-0.2, -0.15) is 0 Å². The van der Waals surface area contributed by atoms with Crippen LogP contribution < -0.4 is 30.8 Å². The van der Waals surface area contributed by atoms with E-state index in [0.717, 1.165) is 12.0 Å². The molecule has 0 aliphatic carbocycles. The number of hydrogen-bond donors (Lipinski definition) is 3. The number of nitrogens with one attached hydrogen (secondary N) is 2. The molecule has 0 aliphatic heterocycles. The molecular formula is C13H22N4O3. The summed E-state index contributed by atoms with van der Waals surface area (Å²) in [6, 6.07) is 3.83. The fourth-order valence-corrected chi connectivity index (χ4v) is 1.70. The fourth-order valence-electron chi connectivity index (χ4n) is 1.70. The quantitative estimate of drug-likeness (QED) is 0.288. The Bertz CT molecular complexity index is 438. The van der Waals surface area contributed by atoms with E-state index >= 15 is 0 Å². The van der Waals surface area contributed by atoms with Crippen molar-refractivity contribution in [1.29, 1.82) is 0 Å². The number of ether oxygens (including phenoxy) is 3. The molecule has 1 aromatic rings. The van der Waals surface area contributed by atoms with Gasteiger partial charge in [0.05, 0.1) is 21.3 Å². The first-order chi connectivity index (χ1) is 9.65. The molecule has 0 radical (unpaired) electrons. The Kier molecular flexibility index (Phi) is 6.45. The van der Waals surface area contributed by atoms with Crippen molar-refractivity contribution in [3.63, 3.8) is 0 Å². The van der Waals surface area contributed by atoms with Gasteiger partial charge in [0, 0.05) is 13.6 Å². The minimum Gasteiger partial charge on any atom is -0.493 e. The predicted molar refractivity (Wildman–Crippen MR) is 78.5 cm³/mol. The standard InChI is InChI=1S/C13H22N4O3/c1-15-13(14)17-16-6-5-9-7-10(18-2)12(20-4)11(8-9)19-3/h7-8,16H,5-6H2,1-4H3,(H3,14,15,17). The SMILES string of the molecule is CN=C(N)NNCCc1cc(OC)c(OC)c(OC)c1. The maximum Gasteiger partial charge on any atom is 0.203 e. The third-order valence-electron chi connectivity index (χ3n) is 2.72. The Morgan fingerprint density at radius 1 is 1.15 bits per heavy atom. The molecule has 20 heavy (non-hydrogen) atoms. The van der Waals surface area contributed by atoms with Crippen molar-refractivity contribution in [2.45, 2.75) is 6.42 Å². The summed E-state index contributed by atoms with van der Waals surface area (Å²) in [7, 11) is 6.39. The topological polar surface area (TPSA) is 90.1 Å². The van der Waals surface area contributed by atoms with Gasteiger partial charge in [-0.3, -0.25) is 10.4 Å². The minimum absolute atomic E-state index is 0.342. The lowest BCUT2D eigenvalue weighted by Crippen LogP contribution is -2.43. The molecule has 7 nitrogen and oxygen atoms in total. The van der Waals surface area contributed by atoms with Crippen molar-refractivity contribution < 1.29 is 14.2 Å². The highest BCUT2D eigenvalue weighted by molar-refractivity contribution is 5.77. The van der Waals surface area contributed by atoms with E-state index in [1.54, 1.807) is 28.4 Å². The molecule has 7 heteroatoms. The van der Waals surface area contributed by atoms with Crippen molar-refractivity contribution in [2.75, 3.05) is 34.9 Å². The van der Waals surface area contributed by atoms with Gasteiger partial charge in [-0.15, -0.1) is 0 Å². The largest absolute Gasteiger partial charge is 0.493 e. The normalized spacial score (nSPS) is 11.1. The van der Waals surface area contributed by atoms with Gasteiger partial charge in [0.1, 0.15) is 0 Å². The summed E-state index contributed by atoms with van der Waals surface area (Å²) in [5.41, 5.74) is 12.3. The minimum atomic E-state index is 0.342. The second-order valence-corrected chi connectivity index (χ2v) is 3.94. The average Bonchev–Trinajstić information content (AvgIpc) is 2.49. The highest BCUT2D eigenvalue weighted by Crippen LogP contribution is 2.38. The zero-order chi connectivity index (χ0) is 15.0. The second-order valence-electron chi connectivity index (χ2n) is 3.94. The molecule has 1 aromatic carbocycles. The molecule has 0 aromatic heterocycles. The summed E-state index contributed by atoms with van der Waals surface area (Å²) in [6.45, 7) is 0.675. The van der Waals surface area contributed by atoms with Gasteiger partial charge in [-0.1, -0.05) is 0 Å². The zero-order valence-corrected chi connectivity index (χ0v) is 12.3. The van der Waals surface area contributed by atoms with Crippen LogP contribution in [0.15, 0.2) is 17.1 Å². The number of hydrazine groups is 1. The molecule has 112 valence electrons. The first-order valence-electron chi connectivity index (χ1n) is 6.16. The number of rotatable bonds is 7. The van der Waals surface area contributed by atoms with Crippen molar-refractivity contribution >= 4 is 5.96 Å². The summed E-state index contributed by atoms with van der Waals surface area (Å²) in [5.74, 6) is 2.22. The summed E-state index contributed by atoms with van der Waals surface area (Å²) in [4.78, 5) is 3.77. The van der Waals surface area contributed by atoms with E-state index in [9.17, 15) is 0 Å². The summed E-state index contributed by atoms with van der Waals surface area (Å²) >= 11 is 0. The molecule has 0 fully saturated rings. The van der Waals surface area contributed by atoms with E-state index in [1.807, 2.05) is 12.1 Å². The lowest BCUT2D eigenvalue weighted by Gasteiger charge is -2.14. The smallest absolute Gasteiger partial charge is 0.203 e. The maximum absolute atomic E-state index is 5.50. The van der Waals surface area contributed by atoms with E-state index in [1.165, 1.54) is 0 Å². The Balaban J connectivity index is 2.71. The second kappa shape index (κ2) is 8.11. The molecule has 0 heterocycles. The maximum atomic E-state index is 5.50. The zero-order valence-electron chi connectivity index (χ0n) is 12.3. The molecule has 0 aliphatic rings. The summed E-state index contributed by atoms with van der Waals surface area (Å²) < 4.78 is 15.9. The molecular weight excluding hydrogens is 260 g/mol. The number of benzene rings is 1. The number of nitrogens with two attached hydrogens (primary N) is 1. The van der Waals surface area contributed by atoms with Gasteiger partial charge in [0.2, 0.25) is 11.7 Å². The lowest BCUT2D eigenvalue weighted by molar-refractivity contribution is 0.323. The van der Waals surface area contributed by atoms with Crippen molar-refractivity contribution in [3.8, 4) is 17.2 Å². The molecule has 0 amide bonds. The summed E-state index contributed by atoms with van der Waals surface area (Å²) in [5, 5.41) is 0. The molecule has 1 rings (SSSR count). The highest BCUT2D eigenvalue weighted by atomic mass is 16.5. The van der Waals surface area contributed by atoms with Gasteiger partial charge in [0.15, 0.2) is 11.5 Å². The Morgan fingerprint density at radius 2 is 1.75 bits per heavy atom. The third-order valence-corrected chi connectivity index (χ3v) is 2.72. The van der Waals surface area contributed by atoms with Crippen LogP contribution in [0.5, 0.6) is 17.2 Å². The van der Waals surface area contributed by atoms with Gasteiger partial charge < -0.3 is 19.9 Å². The fraction of sp³-hybridized carbons (Fsp3) is 0.462. The molecule has 0 saturated carbocycles. The molecule has 0 saturated heterocycles. The van der Waals surface area contributed by atoms with Crippen LogP contribution in [0.2, 0.25) is 0 Å². The van der Waals surface area contributed by atoms with Crippen molar-refractivity contribution in [3.05, 3.63) is 17.7 Å². The highest BCUT2D eigenvalue weighted by Gasteiger charge is 2.12. The average molecular weight is 282 g/mol. The van der Waals surface area contributed by atoms with E-state index in [2.05, 4.69) is 15.8 Å². The Morgan fingerprint density at radius 3 is 2.20 bits per heavy atom. The lowest BCUT2D eigenvalue weighted by atomic mass is 10.1. The van der Waals surface area contributed by atoms with E-state index in [-0.39, 0.29) is 0 Å². The van der Waals surface area contributed by atoms with Crippen LogP contribution in [0.1, 0.15) is 5.56 Å². The first kappa shape index (κ1) is 15.9. The number of hydrogen-bond acceptors (Lipinski definition) is 5. The van der Waals surface area contributed by atoms with Crippen LogP contribution in [0.25, 0.3) is 0 Å². The Labute approximate surface area is 119 Å². The number of aliphatic imine (C=N–C) groups is 1. The van der Waals surface area contributed by atoms with Gasteiger partial charge in [-0.25, -0.2) is 5.43 Å². The van der Waals surface area contributed by atoms with E-state index < -0.39 is 0 Å². The molecule has 0 bridgehead atoms.